The van der Waals surface area contributed by atoms with Gasteiger partial charge in [0.15, 0.2) is 16.6 Å². The number of nitrogen functional groups attached to an aromatic ring is 1. The average molecular weight is 449 g/mol. The Morgan fingerprint density at radius 3 is 2.30 bits per heavy atom. The van der Waals surface area contributed by atoms with E-state index in [4.69, 9.17) is 24.6 Å². The molecule has 0 spiro atoms. The molecule has 3 aromatic carbocycles. The van der Waals surface area contributed by atoms with Crippen molar-refractivity contribution >= 4 is 56.3 Å². The second-order valence-corrected chi connectivity index (χ2v) is 7.53. The molecule has 0 aliphatic heterocycles. The summed E-state index contributed by atoms with van der Waals surface area (Å²) in [5.41, 5.74) is 9.35. The molecule has 0 saturated heterocycles. The Balaban J connectivity index is 1.77. The van der Waals surface area contributed by atoms with Crippen molar-refractivity contribution in [1.29, 1.82) is 0 Å². The molecule has 9 heteroatoms. The summed E-state index contributed by atoms with van der Waals surface area (Å²) in [7, 11) is 2.66. The Morgan fingerprint density at radius 2 is 1.64 bits per heavy atom. The molecular formula is C24H23N3O6. The monoisotopic (exact) mass is 449 g/mol. The fraction of sp³-hybridized carbons (Fsp3) is 0.250. The Hall–Kier alpha value is -4.14. The van der Waals surface area contributed by atoms with Gasteiger partial charge in [0.2, 0.25) is 0 Å². The van der Waals surface area contributed by atoms with E-state index in [0.717, 1.165) is 11.1 Å². The number of nitrogens with zero attached hydrogens (tertiary/aromatic N) is 2. The van der Waals surface area contributed by atoms with E-state index in [9.17, 15) is 14.4 Å². The lowest BCUT2D eigenvalue weighted by atomic mass is 10.1. The largest absolute Gasteiger partial charge is 0.469 e. The molecule has 0 aliphatic rings. The van der Waals surface area contributed by atoms with Crippen molar-refractivity contribution < 1.29 is 23.5 Å². The minimum absolute atomic E-state index is 0.140. The first-order chi connectivity index (χ1) is 15.9. The highest BCUT2D eigenvalue weighted by atomic mass is 16.5. The van der Waals surface area contributed by atoms with Gasteiger partial charge in [-0.1, -0.05) is 0 Å². The van der Waals surface area contributed by atoms with Crippen LogP contribution < -0.4 is 16.1 Å². The second kappa shape index (κ2) is 9.15. The minimum Gasteiger partial charge on any atom is -0.469 e. The molecule has 4 aromatic rings. The zero-order chi connectivity index (χ0) is 23.5. The Morgan fingerprint density at radius 1 is 0.939 bits per heavy atom. The van der Waals surface area contributed by atoms with E-state index in [1.54, 1.807) is 24.3 Å². The quantitative estimate of drug-likeness (QED) is 0.196. The lowest BCUT2D eigenvalue weighted by Crippen LogP contribution is -2.29. The van der Waals surface area contributed by atoms with Crippen molar-refractivity contribution in [2.45, 2.75) is 12.8 Å². The Kier molecular flexibility index (Phi) is 6.12. The van der Waals surface area contributed by atoms with Gasteiger partial charge in [0, 0.05) is 47.4 Å². The fourth-order valence-electron chi connectivity index (χ4n) is 3.72. The molecule has 0 saturated carbocycles. The second-order valence-electron chi connectivity index (χ2n) is 7.53. The van der Waals surface area contributed by atoms with Crippen molar-refractivity contribution in [2.24, 2.45) is 0 Å². The number of ether oxygens (including phenoxy) is 2. The van der Waals surface area contributed by atoms with E-state index in [1.807, 2.05) is 11.0 Å². The van der Waals surface area contributed by atoms with Gasteiger partial charge in [0.1, 0.15) is 11.0 Å². The summed E-state index contributed by atoms with van der Waals surface area (Å²) in [6, 6.07) is 11.8. The van der Waals surface area contributed by atoms with Crippen LogP contribution in [0.15, 0.2) is 51.7 Å². The third-order valence-corrected chi connectivity index (χ3v) is 5.46. The fourth-order valence-corrected chi connectivity index (χ4v) is 3.72. The number of nitrogens with two attached hydrogens (primary N) is 1. The lowest BCUT2D eigenvalue weighted by molar-refractivity contribution is -0.140. The number of benzene rings is 3. The first-order valence-corrected chi connectivity index (χ1v) is 10.3. The molecule has 0 unspecified atom stereocenters. The third kappa shape index (κ3) is 4.57. The van der Waals surface area contributed by atoms with E-state index in [1.165, 1.54) is 26.4 Å². The minimum atomic E-state index is -0.351. The molecule has 0 bridgehead atoms. The highest BCUT2D eigenvalue weighted by Gasteiger charge is 2.15. The number of carbonyl (C=O) groups is 2. The SMILES string of the molecule is COC(=O)CCN(CCC(=O)OC)c1ccc2nc3c(cc(N)c4ccc(=O)cc43)oc2c1. The summed E-state index contributed by atoms with van der Waals surface area (Å²) >= 11 is 0. The predicted molar refractivity (Wildman–Crippen MR) is 125 cm³/mol. The third-order valence-electron chi connectivity index (χ3n) is 5.46. The molecule has 33 heavy (non-hydrogen) atoms. The number of anilines is 2. The van der Waals surface area contributed by atoms with Gasteiger partial charge in [0.05, 0.1) is 27.1 Å². The zero-order valence-electron chi connectivity index (χ0n) is 18.3. The highest BCUT2D eigenvalue weighted by Crippen LogP contribution is 2.31. The van der Waals surface area contributed by atoms with Crippen molar-refractivity contribution in [3.63, 3.8) is 0 Å². The number of hydrogen-bond acceptors (Lipinski definition) is 9. The maximum Gasteiger partial charge on any atom is 0.307 e. The van der Waals surface area contributed by atoms with E-state index in [0.29, 0.717) is 46.4 Å². The summed E-state index contributed by atoms with van der Waals surface area (Å²) in [4.78, 5) is 41.8. The van der Waals surface area contributed by atoms with Crippen LogP contribution in [-0.2, 0) is 19.1 Å². The molecule has 4 rings (SSSR count). The first-order valence-electron chi connectivity index (χ1n) is 10.3. The number of methoxy groups -OCH3 is 2. The average Bonchev–Trinajstić information content (AvgIpc) is 2.82. The Labute approximate surface area is 188 Å². The van der Waals surface area contributed by atoms with Crippen LogP contribution >= 0.6 is 0 Å². The molecule has 170 valence electrons. The highest BCUT2D eigenvalue weighted by molar-refractivity contribution is 6.10. The molecule has 1 aromatic heterocycles. The van der Waals surface area contributed by atoms with Crippen LogP contribution in [-0.4, -0.2) is 44.2 Å². The van der Waals surface area contributed by atoms with Crippen LogP contribution in [0.5, 0.6) is 0 Å². The number of aromatic nitrogens is 1. The van der Waals surface area contributed by atoms with Gasteiger partial charge in [0.25, 0.3) is 0 Å². The van der Waals surface area contributed by atoms with Gasteiger partial charge in [-0.15, -0.1) is 0 Å². The summed E-state index contributed by atoms with van der Waals surface area (Å²) < 4.78 is 15.6. The van der Waals surface area contributed by atoms with Crippen LogP contribution in [0.2, 0.25) is 0 Å². The van der Waals surface area contributed by atoms with E-state index in [-0.39, 0.29) is 30.2 Å². The van der Waals surface area contributed by atoms with Crippen LogP contribution in [0.1, 0.15) is 12.8 Å². The topological polar surface area (TPSA) is 125 Å². The molecular weight excluding hydrogens is 426 g/mol. The first kappa shape index (κ1) is 22.1. The molecule has 9 nitrogen and oxygen atoms in total. The van der Waals surface area contributed by atoms with Gasteiger partial charge in [-0.3, -0.25) is 14.4 Å². The van der Waals surface area contributed by atoms with Gasteiger partial charge >= 0.3 is 11.9 Å². The van der Waals surface area contributed by atoms with Crippen LogP contribution in [0, 0.1) is 0 Å². The van der Waals surface area contributed by atoms with E-state index in [2.05, 4.69) is 0 Å². The molecule has 0 aliphatic carbocycles. The van der Waals surface area contributed by atoms with Gasteiger partial charge in [-0.25, -0.2) is 4.98 Å². The zero-order valence-corrected chi connectivity index (χ0v) is 18.3. The van der Waals surface area contributed by atoms with Crippen LogP contribution in [0.25, 0.3) is 33.0 Å². The van der Waals surface area contributed by atoms with Crippen molar-refractivity contribution in [3.05, 3.63) is 52.7 Å². The molecule has 0 atom stereocenters. The maximum atomic E-state index is 11.9. The van der Waals surface area contributed by atoms with Gasteiger partial charge in [-0.05, 0) is 30.3 Å². The molecule has 2 N–H and O–H groups in total. The van der Waals surface area contributed by atoms with E-state index < -0.39 is 0 Å². The summed E-state index contributed by atoms with van der Waals surface area (Å²) in [6.07, 6.45) is 0.311. The molecule has 0 radical (unpaired) electrons. The number of rotatable bonds is 7. The number of carbonyl (C=O) groups excluding carboxylic acids is 2. The summed E-state index contributed by atoms with van der Waals surface area (Å²) in [5, 5.41) is 1.36. The molecule has 0 fully saturated rings. The Bertz CT molecular complexity index is 1410. The summed E-state index contributed by atoms with van der Waals surface area (Å²) in [5.74, 6) is -0.701. The number of esters is 2. The van der Waals surface area contributed by atoms with Crippen molar-refractivity contribution in [3.8, 4) is 0 Å². The van der Waals surface area contributed by atoms with Crippen molar-refractivity contribution in [1.82, 2.24) is 4.98 Å². The normalized spacial score (nSPS) is 11.1. The van der Waals surface area contributed by atoms with Crippen LogP contribution in [0.4, 0.5) is 11.4 Å². The number of fused-ring (bicyclic) bond motifs is 4. The van der Waals surface area contributed by atoms with Gasteiger partial charge in [-0.2, -0.15) is 0 Å². The number of hydrogen-bond donors (Lipinski definition) is 1. The van der Waals surface area contributed by atoms with Crippen molar-refractivity contribution in [2.75, 3.05) is 37.9 Å². The standard InChI is InChI=1S/C24H23N3O6/c1-31-22(29)7-9-27(10-8-23(30)32-2)14-3-6-19-20(11-14)33-21-13-18(25)16-5-4-15(28)12-17(16)24(21)26-19/h3-6,11-13H,7-10,25H2,1-2H3. The summed E-state index contributed by atoms with van der Waals surface area (Å²) in [6.45, 7) is 0.695. The predicted octanol–water partition coefficient (Wildman–Crippen LogP) is 3.01. The smallest absolute Gasteiger partial charge is 0.307 e. The van der Waals surface area contributed by atoms with Crippen LogP contribution in [0.3, 0.4) is 0 Å². The molecule has 0 amide bonds. The van der Waals surface area contributed by atoms with Gasteiger partial charge < -0.3 is 24.5 Å². The van der Waals surface area contributed by atoms with E-state index >= 15 is 0 Å². The lowest BCUT2D eigenvalue weighted by Gasteiger charge is -2.24. The maximum absolute atomic E-state index is 11.9. The molecule has 1 heterocycles.